The molecule has 0 amide bonds. The van der Waals surface area contributed by atoms with Gasteiger partial charge in [-0.3, -0.25) is 0 Å². The maximum absolute atomic E-state index is 12.1. The molecule has 2 N–H and O–H groups in total. The first-order valence-electron chi connectivity index (χ1n) is 4.37. The quantitative estimate of drug-likeness (QED) is 0.813. The van der Waals surface area contributed by atoms with Gasteiger partial charge in [0, 0.05) is 6.42 Å². The molecule has 0 aliphatic rings. The van der Waals surface area contributed by atoms with Crippen molar-refractivity contribution in [2.75, 3.05) is 0 Å². The van der Waals surface area contributed by atoms with Gasteiger partial charge in [0.1, 0.15) is 0 Å². The van der Waals surface area contributed by atoms with Crippen LogP contribution in [0.25, 0.3) is 0 Å². The Hall–Kier alpha value is -1.07. The van der Waals surface area contributed by atoms with Gasteiger partial charge in [-0.25, -0.2) is 0 Å². The summed E-state index contributed by atoms with van der Waals surface area (Å²) in [6, 6.07) is 6.17. The molecular formula is C10H11F3O2. The van der Waals surface area contributed by atoms with E-state index in [4.69, 9.17) is 10.2 Å². The molecular weight excluding hydrogens is 209 g/mol. The highest BCUT2D eigenvalue weighted by Crippen LogP contribution is 2.24. The minimum atomic E-state index is -4.62. The molecule has 0 radical (unpaired) electrons. The molecule has 1 aromatic rings. The van der Waals surface area contributed by atoms with E-state index in [1.54, 1.807) is 12.1 Å². The Morgan fingerprint density at radius 2 is 1.67 bits per heavy atom. The standard InChI is InChI=1S/C10H11F3O2/c11-10(12,13)9(15)5-7-3-1-2-4-8(7)6-14/h1-4,9,14-15H,5-6H2. The maximum Gasteiger partial charge on any atom is 0.414 e. The van der Waals surface area contributed by atoms with Crippen molar-refractivity contribution in [1.29, 1.82) is 0 Å². The highest BCUT2D eigenvalue weighted by atomic mass is 19.4. The minimum absolute atomic E-state index is 0.310. The van der Waals surface area contributed by atoms with Crippen molar-refractivity contribution in [2.45, 2.75) is 25.3 Å². The Kier molecular flexibility index (Phi) is 3.71. The Bertz CT molecular complexity index is 323. The van der Waals surface area contributed by atoms with Crippen molar-refractivity contribution in [3.63, 3.8) is 0 Å². The smallest absolute Gasteiger partial charge is 0.392 e. The van der Waals surface area contributed by atoms with Gasteiger partial charge in [-0.05, 0) is 11.1 Å². The molecule has 1 aromatic carbocycles. The minimum Gasteiger partial charge on any atom is -0.392 e. The van der Waals surface area contributed by atoms with Crippen LogP contribution in [0.5, 0.6) is 0 Å². The predicted octanol–water partition coefficient (Wildman–Crippen LogP) is 1.64. The summed E-state index contributed by atoms with van der Waals surface area (Å²) in [5.74, 6) is 0. The molecule has 15 heavy (non-hydrogen) atoms. The number of alkyl halides is 3. The van der Waals surface area contributed by atoms with Gasteiger partial charge < -0.3 is 10.2 Å². The van der Waals surface area contributed by atoms with Gasteiger partial charge in [-0.2, -0.15) is 13.2 Å². The molecule has 0 aliphatic heterocycles. The van der Waals surface area contributed by atoms with Gasteiger partial charge in [0.25, 0.3) is 0 Å². The lowest BCUT2D eigenvalue weighted by molar-refractivity contribution is -0.203. The molecule has 0 bridgehead atoms. The first kappa shape index (κ1) is 12.0. The summed E-state index contributed by atoms with van der Waals surface area (Å²) in [5.41, 5.74) is 0.714. The second kappa shape index (κ2) is 4.63. The van der Waals surface area contributed by atoms with E-state index in [2.05, 4.69) is 0 Å². The van der Waals surface area contributed by atoms with Crippen LogP contribution < -0.4 is 0 Å². The van der Waals surface area contributed by atoms with E-state index in [0.29, 0.717) is 11.1 Å². The monoisotopic (exact) mass is 220 g/mol. The molecule has 0 saturated carbocycles. The summed E-state index contributed by atoms with van der Waals surface area (Å²) in [4.78, 5) is 0. The second-order valence-electron chi connectivity index (χ2n) is 3.19. The zero-order chi connectivity index (χ0) is 11.5. The SMILES string of the molecule is OCc1ccccc1CC(O)C(F)(F)F. The molecule has 0 fully saturated rings. The van der Waals surface area contributed by atoms with Crippen molar-refractivity contribution in [3.05, 3.63) is 35.4 Å². The highest BCUT2D eigenvalue weighted by molar-refractivity contribution is 5.27. The first-order chi connectivity index (χ1) is 6.95. The van der Waals surface area contributed by atoms with Crippen LogP contribution in [0.2, 0.25) is 0 Å². The van der Waals surface area contributed by atoms with E-state index in [0.717, 1.165) is 0 Å². The van der Waals surface area contributed by atoms with Crippen LogP contribution in [0.15, 0.2) is 24.3 Å². The average Bonchev–Trinajstić information content (AvgIpc) is 2.17. The van der Waals surface area contributed by atoms with Crippen molar-refractivity contribution >= 4 is 0 Å². The predicted molar refractivity (Wildman–Crippen MR) is 48.1 cm³/mol. The fraction of sp³-hybridized carbons (Fsp3) is 0.400. The Morgan fingerprint density at radius 1 is 1.13 bits per heavy atom. The van der Waals surface area contributed by atoms with E-state index in [-0.39, 0.29) is 6.61 Å². The van der Waals surface area contributed by atoms with Crippen LogP contribution in [-0.2, 0) is 13.0 Å². The van der Waals surface area contributed by atoms with E-state index in [9.17, 15) is 13.2 Å². The van der Waals surface area contributed by atoms with Crippen LogP contribution in [-0.4, -0.2) is 22.5 Å². The van der Waals surface area contributed by atoms with Crippen LogP contribution in [0.1, 0.15) is 11.1 Å². The van der Waals surface area contributed by atoms with Gasteiger partial charge in [-0.1, -0.05) is 24.3 Å². The Labute approximate surface area is 85.0 Å². The molecule has 0 saturated heterocycles. The van der Waals surface area contributed by atoms with Gasteiger partial charge >= 0.3 is 6.18 Å². The number of halogens is 3. The Morgan fingerprint density at radius 3 is 2.13 bits per heavy atom. The number of aliphatic hydroxyl groups excluding tert-OH is 2. The number of rotatable bonds is 3. The van der Waals surface area contributed by atoms with E-state index < -0.39 is 18.7 Å². The third-order valence-electron chi connectivity index (χ3n) is 2.08. The van der Waals surface area contributed by atoms with Crippen molar-refractivity contribution in [3.8, 4) is 0 Å². The normalized spacial score (nSPS) is 13.9. The lowest BCUT2D eigenvalue weighted by Crippen LogP contribution is -2.30. The van der Waals surface area contributed by atoms with Gasteiger partial charge in [0.15, 0.2) is 6.10 Å². The number of hydrogen-bond donors (Lipinski definition) is 2. The lowest BCUT2D eigenvalue weighted by atomic mass is 10.0. The fourth-order valence-corrected chi connectivity index (χ4v) is 1.23. The summed E-state index contributed by atoms with van der Waals surface area (Å²) >= 11 is 0. The largest absolute Gasteiger partial charge is 0.414 e. The van der Waals surface area contributed by atoms with Gasteiger partial charge in [-0.15, -0.1) is 0 Å². The molecule has 0 spiro atoms. The summed E-state index contributed by atoms with van der Waals surface area (Å²) in [6.45, 7) is -0.333. The topological polar surface area (TPSA) is 40.5 Å². The number of hydrogen-bond acceptors (Lipinski definition) is 2. The van der Waals surface area contributed by atoms with E-state index in [1.165, 1.54) is 12.1 Å². The van der Waals surface area contributed by atoms with Crippen LogP contribution in [0.4, 0.5) is 13.2 Å². The zero-order valence-electron chi connectivity index (χ0n) is 7.83. The van der Waals surface area contributed by atoms with Crippen LogP contribution in [0, 0.1) is 0 Å². The summed E-state index contributed by atoms with van der Waals surface area (Å²) < 4.78 is 36.2. The van der Waals surface area contributed by atoms with Crippen molar-refractivity contribution < 1.29 is 23.4 Å². The molecule has 5 heteroatoms. The van der Waals surface area contributed by atoms with Crippen LogP contribution >= 0.6 is 0 Å². The van der Waals surface area contributed by atoms with Gasteiger partial charge in [0.05, 0.1) is 6.61 Å². The first-order valence-corrected chi connectivity index (χ1v) is 4.37. The fourth-order valence-electron chi connectivity index (χ4n) is 1.23. The average molecular weight is 220 g/mol. The zero-order valence-corrected chi connectivity index (χ0v) is 7.83. The molecule has 84 valence electrons. The van der Waals surface area contributed by atoms with E-state index in [1.807, 2.05) is 0 Å². The number of aliphatic hydroxyl groups is 2. The van der Waals surface area contributed by atoms with Crippen molar-refractivity contribution in [2.24, 2.45) is 0 Å². The second-order valence-corrected chi connectivity index (χ2v) is 3.19. The highest BCUT2D eigenvalue weighted by Gasteiger charge is 2.38. The van der Waals surface area contributed by atoms with Gasteiger partial charge in [0.2, 0.25) is 0 Å². The maximum atomic E-state index is 12.1. The number of benzene rings is 1. The summed E-state index contributed by atoms with van der Waals surface area (Å²) in [6.07, 6.45) is -7.53. The molecule has 0 aliphatic carbocycles. The van der Waals surface area contributed by atoms with Crippen molar-refractivity contribution in [1.82, 2.24) is 0 Å². The Balaban J connectivity index is 2.80. The lowest BCUT2D eigenvalue weighted by Gasteiger charge is -2.15. The molecule has 2 nitrogen and oxygen atoms in total. The molecule has 1 unspecified atom stereocenters. The molecule has 1 rings (SSSR count). The third-order valence-corrected chi connectivity index (χ3v) is 2.08. The molecule has 0 heterocycles. The van der Waals surface area contributed by atoms with Crippen LogP contribution in [0.3, 0.4) is 0 Å². The summed E-state index contributed by atoms with van der Waals surface area (Å²) in [7, 11) is 0. The summed E-state index contributed by atoms with van der Waals surface area (Å²) in [5, 5.41) is 17.7. The third kappa shape index (κ3) is 3.21. The molecule has 1 atom stereocenters. The molecule has 0 aromatic heterocycles. The van der Waals surface area contributed by atoms with E-state index >= 15 is 0 Å².